The zero-order valence-electron chi connectivity index (χ0n) is 10.3. The van der Waals surface area contributed by atoms with Gasteiger partial charge in [-0.3, -0.25) is 4.79 Å². The van der Waals surface area contributed by atoms with E-state index in [2.05, 4.69) is 0 Å². The second kappa shape index (κ2) is 6.10. The number of hydrogen-bond acceptors (Lipinski definition) is 4. The van der Waals surface area contributed by atoms with Gasteiger partial charge in [-0.15, -0.1) is 0 Å². The van der Waals surface area contributed by atoms with Crippen LogP contribution in [0.2, 0.25) is 0 Å². The number of hydrogen-bond donors (Lipinski definition) is 4. The van der Waals surface area contributed by atoms with Gasteiger partial charge in [0.1, 0.15) is 6.10 Å². The van der Waals surface area contributed by atoms with Crippen LogP contribution in [0.5, 0.6) is 0 Å². The maximum absolute atomic E-state index is 12.9. The van der Waals surface area contributed by atoms with Gasteiger partial charge < -0.3 is 20.4 Å². The van der Waals surface area contributed by atoms with Crippen LogP contribution >= 0.6 is 0 Å². The highest BCUT2D eigenvalue weighted by atomic mass is 19.4. The van der Waals surface area contributed by atoms with Gasteiger partial charge in [0.25, 0.3) is 0 Å². The maximum Gasteiger partial charge on any atom is 0.416 e. The summed E-state index contributed by atoms with van der Waals surface area (Å²) in [6, 6.07) is 1.83. The highest BCUT2D eigenvalue weighted by molar-refractivity contribution is 5.88. The Bertz CT molecular complexity index is 554. The Kier molecular flexibility index (Phi) is 4.92. The second-order valence-electron chi connectivity index (χ2n) is 4.21. The van der Waals surface area contributed by atoms with E-state index in [1.54, 1.807) is 0 Å². The van der Waals surface area contributed by atoms with Crippen molar-refractivity contribution in [2.45, 2.75) is 24.8 Å². The molecular weight excluding hydrogens is 297 g/mol. The number of halogens is 3. The Balaban J connectivity index is 3.28. The van der Waals surface area contributed by atoms with Crippen LogP contribution in [0.15, 0.2) is 18.2 Å². The molecule has 0 bridgehead atoms. The Morgan fingerprint density at radius 2 is 1.71 bits per heavy atom. The molecule has 116 valence electrons. The van der Waals surface area contributed by atoms with Crippen molar-refractivity contribution in [2.75, 3.05) is 0 Å². The number of aliphatic hydroxyl groups is 2. The van der Waals surface area contributed by atoms with Gasteiger partial charge in [-0.1, -0.05) is 6.07 Å². The third-order valence-corrected chi connectivity index (χ3v) is 2.67. The molecule has 0 saturated carbocycles. The van der Waals surface area contributed by atoms with E-state index in [4.69, 9.17) is 10.2 Å². The fraction of sp³-hybridized carbons (Fsp3) is 0.333. The smallest absolute Gasteiger partial charge is 0.416 e. The van der Waals surface area contributed by atoms with Crippen LogP contribution in [0, 0.1) is 0 Å². The number of alkyl halides is 3. The Morgan fingerprint density at radius 1 is 1.14 bits per heavy atom. The highest BCUT2D eigenvalue weighted by Crippen LogP contribution is 2.36. The molecule has 0 amide bonds. The van der Waals surface area contributed by atoms with E-state index in [0.717, 1.165) is 6.07 Å². The SMILES string of the molecule is O=C(O)CC(O)C(O)c1ccc(C(=O)O)cc1C(F)(F)F. The molecule has 1 rings (SSSR count). The lowest BCUT2D eigenvalue weighted by molar-refractivity contribution is -0.142. The third-order valence-electron chi connectivity index (χ3n) is 2.67. The Morgan fingerprint density at radius 3 is 2.14 bits per heavy atom. The van der Waals surface area contributed by atoms with E-state index in [1.807, 2.05) is 0 Å². The summed E-state index contributed by atoms with van der Waals surface area (Å²) >= 11 is 0. The number of aliphatic hydroxyl groups excluding tert-OH is 2. The molecule has 9 heteroatoms. The van der Waals surface area contributed by atoms with E-state index in [0.29, 0.717) is 12.1 Å². The van der Waals surface area contributed by atoms with Gasteiger partial charge >= 0.3 is 18.1 Å². The van der Waals surface area contributed by atoms with Crippen LogP contribution in [0.4, 0.5) is 13.2 Å². The number of rotatable bonds is 5. The molecule has 0 aliphatic heterocycles. The zero-order chi connectivity index (χ0) is 16.4. The normalized spacial score (nSPS) is 14.5. The number of aliphatic carboxylic acids is 1. The minimum Gasteiger partial charge on any atom is -0.481 e. The molecule has 0 aromatic heterocycles. The standard InChI is InChI=1S/C12H11F3O6/c13-12(14,15)7-3-5(11(20)21)1-2-6(7)10(19)8(16)4-9(17)18/h1-3,8,10,16,19H,4H2,(H,17,18)(H,20,21). The van der Waals surface area contributed by atoms with Gasteiger partial charge in [0.2, 0.25) is 0 Å². The van der Waals surface area contributed by atoms with Gasteiger partial charge in [0.15, 0.2) is 0 Å². The average Bonchev–Trinajstić information content (AvgIpc) is 2.35. The van der Waals surface area contributed by atoms with E-state index in [9.17, 15) is 33.0 Å². The molecule has 0 fully saturated rings. The average molecular weight is 308 g/mol. The molecule has 0 aliphatic carbocycles. The number of carboxylic acids is 2. The predicted molar refractivity (Wildman–Crippen MR) is 61.6 cm³/mol. The summed E-state index contributed by atoms with van der Waals surface area (Å²) in [5.74, 6) is -3.09. The first-order chi connectivity index (χ1) is 9.54. The van der Waals surface area contributed by atoms with Crippen molar-refractivity contribution in [1.29, 1.82) is 0 Å². The van der Waals surface area contributed by atoms with Crippen LogP contribution in [-0.4, -0.2) is 38.5 Å². The monoisotopic (exact) mass is 308 g/mol. The maximum atomic E-state index is 12.9. The molecular formula is C12H11F3O6. The highest BCUT2D eigenvalue weighted by Gasteiger charge is 2.37. The summed E-state index contributed by atoms with van der Waals surface area (Å²) in [5.41, 5.74) is -2.88. The molecule has 0 radical (unpaired) electrons. The molecule has 0 heterocycles. The second-order valence-corrected chi connectivity index (χ2v) is 4.21. The zero-order valence-corrected chi connectivity index (χ0v) is 10.3. The lowest BCUT2D eigenvalue weighted by atomic mass is 9.95. The number of aromatic carboxylic acids is 1. The quantitative estimate of drug-likeness (QED) is 0.651. The molecule has 4 N–H and O–H groups in total. The minimum atomic E-state index is -4.97. The van der Waals surface area contributed by atoms with Crippen LogP contribution in [-0.2, 0) is 11.0 Å². The summed E-state index contributed by atoms with van der Waals surface area (Å²) in [6.45, 7) is 0. The van der Waals surface area contributed by atoms with Crippen molar-refractivity contribution >= 4 is 11.9 Å². The Labute approximate surface area is 116 Å². The third kappa shape index (κ3) is 4.17. The van der Waals surface area contributed by atoms with Crippen LogP contribution < -0.4 is 0 Å². The van der Waals surface area contributed by atoms with Crippen LogP contribution in [0.25, 0.3) is 0 Å². The fourth-order valence-electron chi connectivity index (χ4n) is 1.69. The van der Waals surface area contributed by atoms with Crippen molar-refractivity contribution in [1.82, 2.24) is 0 Å². The molecule has 21 heavy (non-hydrogen) atoms. The van der Waals surface area contributed by atoms with E-state index < -0.39 is 53.4 Å². The van der Waals surface area contributed by atoms with Crippen LogP contribution in [0.1, 0.15) is 34.0 Å². The summed E-state index contributed by atoms with van der Waals surface area (Å²) < 4.78 is 38.6. The summed E-state index contributed by atoms with van der Waals surface area (Å²) in [7, 11) is 0. The van der Waals surface area contributed by atoms with Crippen LogP contribution in [0.3, 0.4) is 0 Å². The van der Waals surface area contributed by atoms with Crippen molar-refractivity contribution in [3.05, 3.63) is 34.9 Å². The number of benzene rings is 1. The van der Waals surface area contributed by atoms with Gasteiger partial charge in [-0.05, 0) is 17.7 Å². The first kappa shape index (κ1) is 16.9. The molecule has 0 saturated heterocycles. The number of carboxylic acid groups (broad SMARTS) is 2. The Hall–Kier alpha value is -2.13. The van der Waals surface area contributed by atoms with Gasteiger partial charge in [-0.2, -0.15) is 13.2 Å². The first-order valence-electron chi connectivity index (χ1n) is 5.56. The summed E-state index contributed by atoms with van der Waals surface area (Å²) in [6.07, 6.45) is -10.00. The predicted octanol–water partition coefficient (Wildman–Crippen LogP) is 1.27. The molecule has 2 atom stereocenters. The lowest BCUT2D eigenvalue weighted by Crippen LogP contribution is -2.24. The molecule has 0 aliphatic rings. The summed E-state index contributed by atoms with van der Waals surface area (Å²) in [4.78, 5) is 21.1. The topological polar surface area (TPSA) is 115 Å². The largest absolute Gasteiger partial charge is 0.481 e. The number of carbonyl (C=O) groups is 2. The van der Waals surface area contributed by atoms with Gasteiger partial charge in [0.05, 0.1) is 23.7 Å². The van der Waals surface area contributed by atoms with Crippen molar-refractivity contribution in [3.8, 4) is 0 Å². The van der Waals surface area contributed by atoms with E-state index in [1.165, 1.54) is 0 Å². The summed E-state index contributed by atoms with van der Waals surface area (Å²) in [5, 5.41) is 36.2. The first-order valence-corrected chi connectivity index (χ1v) is 5.56. The molecule has 1 aromatic carbocycles. The van der Waals surface area contributed by atoms with Gasteiger partial charge in [-0.25, -0.2) is 4.79 Å². The van der Waals surface area contributed by atoms with E-state index >= 15 is 0 Å². The molecule has 1 aromatic rings. The van der Waals surface area contributed by atoms with Crippen molar-refractivity contribution in [3.63, 3.8) is 0 Å². The van der Waals surface area contributed by atoms with Crippen molar-refractivity contribution < 1.29 is 43.2 Å². The molecule has 0 spiro atoms. The molecule has 6 nitrogen and oxygen atoms in total. The minimum absolute atomic E-state index is 0.314. The fourth-order valence-corrected chi connectivity index (χ4v) is 1.69. The van der Waals surface area contributed by atoms with Crippen molar-refractivity contribution in [2.24, 2.45) is 0 Å². The lowest BCUT2D eigenvalue weighted by Gasteiger charge is -2.21. The molecule has 2 unspecified atom stereocenters. The van der Waals surface area contributed by atoms with E-state index in [-0.39, 0.29) is 0 Å². The van der Waals surface area contributed by atoms with Gasteiger partial charge in [0, 0.05) is 0 Å².